The number of benzene rings is 1. The fraction of sp³-hybridized carbons (Fsp3) is 0.571. The van der Waals surface area contributed by atoms with Gasteiger partial charge in [0.2, 0.25) is 0 Å². The van der Waals surface area contributed by atoms with Crippen molar-refractivity contribution in [3.63, 3.8) is 0 Å². The summed E-state index contributed by atoms with van der Waals surface area (Å²) in [6.45, 7) is 12.0. The molecule has 0 bridgehead atoms. The highest BCUT2D eigenvalue weighted by Crippen LogP contribution is 2.18. The molecular weight excluding hydrogens is 340 g/mol. The number of rotatable bonds is 13. The topological polar surface area (TPSA) is 58.1 Å². The third kappa shape index (κ3) is 10.0. The molecule has 0 aliphatic rings. The Bertz CT molecular complexity index is 561. The minimum atomic E-state index is 0.157. The Morgan fingerprint density at radius 3 is 2.70 bits per heavy atom. The van der Waals surface area contributed by atoms with E-state index in [9.17, 15) is 0 Å². The minimum Gasteiger partial charge on any atom is -0.489 e. The average Bonchev–Trinajstić information content (AvgIpc) is 2.66. The third-order valence-corrected chi connectivity index (χ3v) is 3.88. The normalized spacial score (nSPS) is 12.7. The van der Waals surface area contributed by atoms with Crippen LogP contribution in [0.15, 0.2) is 41.9 Å². The van der Waals surface area contributed by atoms with Crippen LogP contribution in [0, 0.1) is 0 Å². The SMILES string of the molecule is C=CCOc1ccccc1CN=C(NCC)NCC(CCN(C)C)OCC. The maximum atomic E-state index is 5.85. The lowest BCUT2D eigenvalue weighted by atomic mass is 10.2. The van der Waals surface area contributed by atoms with Gasteiger partial charge in [-0.05, 0) is 40.4 Å². The molecule has 0 aromatic heterocycles. The molecule has 1 unspecified atom stereocenters. The van der Waals surface area contributed by atoms with Crippen molar-refractivity contribution in [2.24, 2.45) is 4.99 Å². The predicted octanol–water partition coefficient (Wildman–Crippen LogP) is 2.66. The fourth-order valence-corrected chi connectivity index (χ4v) is 2.52. The summed E-state index contributed by atoms with van der Waals surface area (Å²) in [5, 5.41) is 6.69. The quantitative estimate of drug-likeness (QED) is 0.315. The van der Waals surface area contributed by atoms with Crippen LogP contribution in [0.1, 0.15) is 25.8 Å². The highest BCUT2D eigenvalue weighted by Gasteiger charge is 2.10. The van der Waals surface area contributed by atoms with Crippen LogP contribution in [0.25, 0.3) is 0 Å². The zero-order valence-corrected chi connectivity index (χ0v) is 17.3. The summed E-state index contributed by atoms with van der Waals surface area (Å²) in [6, 6.07) is 7.96. The van der Waals surface area contributed by atoms with E-state index in [0.717, 1.165) is 43.3 Å². The van der Waals surface area contributed by atoms with E-state index < -0.39 is 0 Å². The van der Waals surface area contributed by atoms with Crippen LogP contribution < -0.4 is 15.4 Å². The van der Waals surface area contributed by atoms with Gasteiger partial charge < -0.3 is 25.0 Å². The van der Waals surface area contributed by atoms with Gasteiger partial charge in [-0.1, -0.05) is 30.9 Å². The second-order valence-corrected chi connectivity index (χ2v) is 6.45. The molecule has 1 atom stereocenters. The molecule has 1 aromatic rings. The van der Waals surface area contributed by atoms with E-state index in [1.165, 1.54) is 0 Å². The summed E-state index contributed by atoms with van der Waals surface area (Å²) in [7, 11) is 4.15. The molecular formula is C21H36N4O2. The second-order valence-electron chi connectivity index (χ2n) is 6.45. The van der Waals surface area contributed by atoms with Crippen molar-refractivity contribution in [3.05, 3.63) is 42.5 Å². The number of nitrogens with one attached hydrogen (secondary N) is 2. The number of ether oxygens (including phenoxy) is 2. The summed E-state index contributed by atoms with van der Waals surface area (Å²) < 4.78 is 11.6. The number of para-hydroxylation sites is 1. The first kappa shape index (κ1) is 23.0. The van der Waals surface area contributed by atoms with E-state index in [2.05, 4.69) is 43.1 Å². The van der Waals surface area contributed by atoms with Gasteiger partial charge in [-0.15, -0.1) is 0 Å². The molecule has 2 N–H and O–H groups in total. The fourth-order valence-electron chi connectivity index (χ4n) is 2.52. The summed E-state index contributed by atoms with van der Waals surface area (Å²) in [4.78, 5) is 6.87. The Kier molecular flexibility index (Phi) is 12.0. The van der Waals surface area contributed by atoms with Gasteiger partial charge >= 0.3 is 0 Å². The van der Waals surface area contributed by atoms with Gasteiger partial charge in [0, 0.05) is 31.8 Å². The molecule has 152 valence electrons. The molecule has 27 heavy (non-hydrogen) atoms. The first-order valence-corrected chi connectivity index (χ1v) is 9.70. The number of hydrogen-bond donors (Lipinski definition) is 2. The maximum absolute atomic E-state index is 5.85. The van der Waals surface area contributed by atoms with Gasteiger partial charge in [-0.25, -0.2) is 4.99 Å². The average molecular weight is 377 g/mol. The summed E-state index contributed by atoms with van der Waals surface area (Å²) >= 11 is 0. The van der Waals surface area contributed by atoms with Gasteiger partial charge in [0.05, 0.1) is 12.6 Å². The molecule has 0 fully saturated rings. The zero-order valence-electron chi connectivity index (χ0n) is 17.3. The Labute approximate surface area is 164 Å². The van der Waals surface area contributed by atoms with Crippen molar-refractivity contribution in [3.8, 4) is 5.75 Å². The van der Waals surface area contributed by atoms with E-state index in [1.54, 1.807) is 6.08 Å². The van der Waals surface area contributed by atoms with Crippen LogP contribution >= 0.6 is 0 Å². The number of aliphatic imine (C=N–C) groups is 1. The molecule has 1 aromatic carbocycles. The lowest BCUT2D eigenvalue weighted by molar-refractivity contribution is 0.0548. The van der Waals surface area contributed by atoms with Crippen LogP contribution in [-0.4, -0.2) is 63.9 Å². The molecule has 0 aliphatic heterocycles. The molecule has 0 saturated carbocycles. The van der Waals surface area contributed by atoms with Gasteiger partial charge in [-0.3, -0.25) is 0 Å². The summed E-state index contributed by atoms with van der Waals surface area (Å²) in [6.07, 6.45) is 2.88. The van der Waals surface area contributed by atoms with Gasteiger partial charge in [0.15, 0.2) is 5.96 Å². The number of guanidine groups is 1. The van der Waals surface area contributed by atoms with Crippen LogP contribution in [0.3, 0.4) is 0 Å². The molecule has 6 nitrogen and oxygen atoms in total. The lowest BCUT2D eigenvalue weighted by Crippen LogP contribution is -2.42. The standard InChI is InChI=1S/C21H36N4O2/c1-6-15-27-20-12-10-9-11-18(20)16-23-21(22-7-2)24-17-19(26-8-3)13-14-25(4)5/h6,9-12,19H,1,7-8,13-17H2,2-5H3,(H2,22,23,24). The smallest absolute Gasteiger partial charge is 0.191 e. The highest BCUT2D eigenvalue weighted by molar-refractivity contribution is 5.79. The van der Waals surface area contributed by atoms with Gasteiger partial charge in [0.1, 0.15) is 12.4 Å². The van der Waals surface area contributed by atoms with Crippen LogP contribution in [0.2, 0.25) is 0 Å². The van der Waals surface area contributed by atoms with Crippen molar-refractivity contribution in [2.45, 2.75) is 32.9 Å². The van der Waals surface area contributed by atoms with E-state index in [-0.39, 0.29) is 6.10 Å². The maximum Gasteiger partial charge on any atom is 0.191 e. The molecule has 0 aliphatic carbocycles. The zero-order chi connectivity index (χ0) is 19.9. The minimum absolute atomic E-state index is 0.157. The molecule has 0 saturated heterocycles. The van der Waals surface area contributed by atoms with Crippen molar-refractivity contribution < 1.29 is 9.47 Å². The largest absolute Gasteiger partial charge is 0.489 e. The molecule has 0 amide bonds. The third-order valence-electron chi connectivity index (χ3n) is 3.88. The first-order chi connectivity index (χ1) is 13.1. The molecule has 0 heterocycles. The Balaban J connectivity index is 2.69. The van der Waals surface area contributed by atoms with Crippen molar-refractivity contribution in [1.29, 1.82) is 0 Å². The van der Waals surface area contributed by atoms with Gasteiger partial charge in [0.25, 0.3) is 0 Å². The molecule has 6 heteroatoms. The Hall–Kier alpha value is -2.05. The van der Waals surface area contributed by atoms with Crippen molar-refractivity contribution >= 4 is 5.96 Å². The lowest BCUT2D eigenvalue weighted by Gasteiger charge is -2.21. The van der Waals surface area contributed by atoms with Crippen molar-refractivity contribution in [1.82, 2.24) is 15.5 Å². The second kappa shape index (κ2) is 14.1. The molecule has 1 rings (SSSR count). The Morgan fingerprint density at radius 2 is 2.04 bits per heavy atom. The van der Waals surface area contributed by atoms with E-state index in [4.69, 9.17) is 14.5 Å². The molecule has 0 spiro atoms. The van der Waals surface area contributed by atoms with Crippen LogP contribution in [0.5, 0.6) is 5.75 Å². The van der Waals surface area contributed by atoms with E-state index in [0.29, 0.717) is 19.8 Å². The first-order valence-electron chi connectivity index (χ1n) is 9.70. The van der Waals surface area contributed by atoms with E-state index >= 15 is 0 Å². The van der Waals surface area contributed by atoms with Gasteiger partial charge in [-0.2, -0.15) is 0 Å². The summed E-state index contributed by atoms with van der Waals surface area (Å²) in [5.74, 6) is 1.63. The monoisotopic (exact) mass is 376 g/mol. The van der Waals surface area contributed by atoms with E-state index in [1.807, 2.05) is 31.2 Å². The summed E-state index contributed by atoms with van der Waals surface area (Å²) in [5.41, 5.74) is 1.05. The molecule has 0 radical (unpaired) electrons. The highest BCUT2D eigenvalue weighted by atomic mass is 16.5. The van der Waals surface area contributed by atoms with Crippen LogP contribution in [-0.2, 0) is 11.3 Å². The van der Waals surface area contributed by atoms with Crippen LogP contribution in [0.4, 0.5) is 0 Å². The van der Waals surface area contributed by atoms with Crippen molar-refractivity contribution in [2.75, 3.05) is 46.9 Å². The predicted molar refractivity (Wildman–Crippen MR) is 114 cm³/mol. The Morgan fingerprint density at radius 1 is 1.26 bits per heavy atom. The number of nitrogens with zero attached hydrogens (tertiary/aromatic N) is 2. The number of hydrogen-bond acceptors (Lipinski definition) is 4.